The van der Waals surface area contributed by atoms with Gasteiger partial charge in [0.2, 0.25) is 5.88 Å². The molecule has 1 aliphatic heterocycles. The van der Waals surface area contributed by atoms with Crippen LogP contribution in [0.3, 0.4) is 0 Å². The lowest BCUT2D eigenvalue weighted by Gasteiger charge is -2.15. The number of nitrogens with one attached hydrogen (secondary N) is 1. The van der Waals surface area contributed by atoms with Gasteiger partial charge in [-0.25, -0.2) is 4.98 Å². The second-order valence-corrected chi connectivity index (χ2v) is 5.29. The molecule has 2 rings (SSSR count). The maximum Gasteiger partial charge on any atom is 0.213 e. The summed E-state index contributed by atoms with van der Waals surface area (Å²) in [4.78, 5) is 4.47. The van der Waals surface area contributed by atoms with Crippen LogP contribution >= 0.6 is 0 Å². The topological polar surface area (TPSA) is 54.4 Å². The minimum Gasteiger partial charge on any atom is -0.476 e. The Balaban J connectivity index is 1.88. The van der Waals surface area contributed by atoms with E-state index in [4.69, 9.17) is 4.74 Å². The van der Waals surface area contributed by atoms with E-state index in [0.29, 0.717) is 18.4 Å². The third-order valence-corrected chi connectivity index (χ3v) is 3.12. The summed E-state index contributed by atoms with van der Waals surface area (Å²) in [6.45, 7) is 5.68. The molecule has 0 amide bonds. The van der Waals surface area contributed by atoms with Gasteiger partial charge < -0.3 is 15.2 Å². The fraction of sp³-hybridized carbons (Fsp3) is 0.643. The Bertz CT molecular complexity index is 382. The van der Waals surface area contributed by atoms with Crippen LogP contribution in [0.1, 0.15) is 26.0 Å². The van der Waals surface area contributed by atoms with Crippen molar-refractivity contribution in [2.45, 2.75) is 38.8 Å². The maximum atomic E-state index is 9.68. The predicted molar refractivity (Wildman–Crippen MR) is 70.7 cm³/mol. The summed E-state index contributed by atoms with van der Waals surface area (Å²) in [7, 11) is 0. The van der Waals surface area contributed by atoms with Gasteiger partial charge in [0, 0.05) is 11.8 Å². The molecule has 0 aromatic carbocycles. The first kappa shape index (κ1) is 13.3. The molecule has 18 heavy (non-hydrogen) atoms. The zero-order valence-corrected chi connectivity index (χ0v) is 11.1. The number of aliphatic hydroxyl groups is 1. The zero-order chi connectivity index (χ0) is 13.0. The Morgan fingerprint density at radius 1 is 1.50 bits per heavy atom. The Morgan fingerprint density at radius 3 is 3.00 bits per heavy atom. The van der Waals surface area contributed by atoms with Crippen LogP contribution in [-0.2, 0) is 6.42 Å². The molecule has 1 aromatic rings. The summed E-state index contributed by atoms with van der Waals surface area (Å²) in [5.41, 5.74) is 1.06. The molecule has 0 radical (unpaired) electrons. The van der Waals surface area contributed by atoms with E-state index in [1.165, 1.54) is 0 Å². The summed E-state index contributed by atoms with van der Waals surface area (Å²) in [5.74, 6) is 1.24. The second kappa shape index (κ2) is 6.16. The highest BCUT2D eigenvalue weighted by atomic mass is 16.5. The van der Waals surface area contributed by atoms with Crippen LogP contribution in [-0.4, -0.2) is 35.4 Å². The molecule has 1 aliphatic rings. The molecule has 2 unspecified atom stereocenters. The summed E-state index contributed by atoms with van der Waals surface area (Å²) < 4.78 is 5.65. The Labute approximate surface area is 108 Å². The van der Waals surface area contributed by atoms with Gasteiger partial charge in [-0.1, -0.05) is 19.9 Å². The highest BCUT2D eigenvalue weighted by Gasteiger charge is 2.25. The van der Waals surface area contributed by atoms with Crippen LogP contribution in [0.5, 0.6) is 5.88 Å². The average Bonchev–Trinajstić information content (AvgIpc) is 2.72. The van der Waals surface area contributed by atoms with Crippen molar-refractivity contribution in [1.82, 2.24) is 10.3 Å². The van der Waals surface area contributed by atoms with E-state index in [2.05, 4.69) is 24.1 Å². The second-order valence-electron chi connectivity index (χ2n) is 5.29. The lowest BCUT2D eigenvalue weighted by atomic mass is 10.1. The molecule has 4 heteroatoms. The van der Waals surface area contributed by atoms with Crippen molar-refractivity contribution in [3.63, 3.8) is 0 Å². The summed E-state index contributed by atoms with van der Waals surface area (Å²) in [6.07, 6.45) is 1.46. The first-order valence-corrected chi connectivity index (χ1v) is 6.65. The Hall–Kier alpha value is -1.13. The van der Waals surface area contributed by atoms with Gasteiger partial charge in [-0.2, -0.15) is 0 Å². The minimum absolute atomic E-state index is 0.0283. The zero-order valence-electron chi connectivity index (χ0n) is 11.1. The smallest absolute Gasteiger partial charge is 0.213 e. The molecule has 1 fully saturated rings. The van der Waals surface area contributed by atoms with Gasteiger partial charge in [0.25, 0.3) is 0 Å². The molecule has 1 saturated heterocycles. The van der Waals surface area contributed by atoms with Gasteiger partial charge in [-0.3, -0.25) is 0 Å². The van der Waals surface area contributed by atoms with Crippen molar-refractivity contribution < 1.29 is 9.84 Å². The monoisotopic (exact) mass is 250 g/mol. The van der Waals surface area contributed by atoms with E-state index in [0.717, 1.165) is 25.1 Å². The SMILES string of the molecule is CC(C)Cc1cccc(OCC2NCCC2O)n1. The number of pyridine rings is 1. The van der Waals surface area contributed by atoms with Crippen molar-refractivity contribution in [2.24, 2.45) is 5.92 Å². The van der Waals surface area contributed by atoms with Gasteiger partial charge in [0.15, 0.2) is 0 Å². The highest BCUT2D eigenvalue weighted by molar-refractivity contribution is 5.16. The third-order valence-electron chi connectivity index (χ3n) is 3.12. The van der Waals surface area contributed by atoms with Crippen LogP contribution < -0.4 is 10.1 Å². The highest BCUT2D eigenvalue weighted by Crippen LogP contribution is 2.13. The first-order valence-electron chi connectivity index (χ1n) is 6.65. The molecule has 0 bridgehead atoms. The normalized spacial score (nSPS) is 23.6. The molecular weight excluding hydrogens is 228 g/mol. The van der Waals surface area contributed by atoms with Crippen LogP contribution in [0.25, 0.3) is 0 Å². The fourth-order valence-corrected chi connectivity index (χ4v) is 2.17. The number of rotatable bonds is 5. The lowest BCUT2D eigenvalue weighted by Crippen LogP contribution is -2.36. The Morgan fingerprint density at radius 2 is 2.33 bits per heavy atom. The molecule has 4 nitrogen and oxygen atoms in total. The summed E-state index contributed by atoms with van der Waals surface area (Å²) in [6, 6.07) is 5.89. The van der Waals surface area contributed by atoms with Crippen molar-refractivity contribution in [1.29, 1.82) is 0 Å². The average molecular weight is 250 g/mol. The van der Waals surface area contributed by atoms with Gasteiger partial charge in [-0.05, 0) is 31.4 Å². The van der Waals surface area contributed by atoms with Crippen molar-refractivity contribution in [3.05, 3.63) is 23.9 Å². The van der Waals surface area contributed by atoms with Gasteiger partial charge >= 0.3 is 0 Å². The number of aliphatic hydroxyl groups excluding tert-OH is 1. The first-order chi connectivity index (χ1) is 8.65. The molecule has 2 atom stereocenters. The van der Waals surface area contributed by atoms with Crippen LogP contribution in [0.15, 0.2) is 18.2 Å². The molecule has 2 heterocycles. The van der Waals surface area contributed by atoms with E-state index in [9.17, 15) is 5.11 Å². The number of aromatic nitrogens is 1. The number of nitrogens with zero attached hydrogens (tertiary/aromatic N) is 1. The van der Waals surface area contributed by atoms with E-state index < -0.39 is 0 Å². The minimum atomic E-state index is -0.302. The van der Waals surface area contributed by atoms with Crippen molar-refractivity contribution in [2.75, 3.05) is 13.2 Å². The predicted octanol–water partition coefficient (Wildman–Crippen LogP) is 1.38. The van der Waals surface area contributed by atoms with E-state index in [-0.39, 0.29) is 12.1 Å². The largest absolute Gasteiger partial charge is 0.476 e. The van der Waals surface area contributed by atoms with Gasteiger partial charge in [0.1, 0.15) is 6.61 Å². The Kier molecular flexibility index (Phi) is 4.55. The van der Waals surface area contributed by atoms with E-state index >= 15 is 0 Å². The standard InChI is InChI=1S/C14H22N2O2/c1-10(2)8-11-4-3-5-14(16-11)18-9-12-13(17)6-7-15-12/h3-5,10,12-13,15,17H,6-9H2,1-2H3. The van der Waals surface area contributed by atoms with E-state index in [1.54, 1.807) is 0 Å². The number of ether oxygens (including phenoxy) is 1. The molecule has 1 aromatic heterocycles. The third kappa shape index (κ3) is 3.68. The molecule has 0 saturated carbocycles. The van der Waals surface area contributed by atoms with Crippen molar-refractivity contribution in [3.8, 4) is 5.88 Å². The molecular formula is C14H22N2O2. The lowest BCUT2D eigenvalue weighted by molar-refractivity contribution is 0.126. The van der Waals surface area contributed by atoms with Crippen molar-refractivity contribution >= 4 is 0 Å². The fourth-order valence-electron chi connectivity index (χ4n) is 2.17. The van der Waals surface area contributed by atoms with E-state index in [1.807, 2.05) is 18.2 Å². The van der Waals surface area contributed by atoms with Crippen LogP contribution in [0.2, 0.25) is 0 Å². The number of hydrogen-bond donors (Lipinski definition) is 2. The quantitative estimate of drug-likeness (QED) is 0.829. The number of hydrogen-bond acceptors (Lipinski definition) is 4. The van der Waals surface area contributed by atoms with Crippen LogP contribution in [0.4, 0.5) is 0 Å². The van der Waals surface area contributed by atoms with Crippen LogP contribution in [0, 0.1) is 5.92 Å². The summed E-state index contributed by atoms with van der Waals surface area (Å²) in [5, 5.41) is 12.9. The molecule has 2 N–H and O–H groups in total. The molecule has 0 spiro atoms. The maximum absolute atomic E-state index is 9.68. The van der Waals surface area contributed by atoms with Gasteiger partial charge in [-0.15, -0.1) is 0 Å². The summed E-state index contributed by atoms with van der Waals surface area (Å²) >= 11 is 0. The van der Waals surface area contributed by atoms with Gasteiger partial charge in [0.05, 0.1) is 12.1 Å². The molecule has 0 aliphatic carbocycles. The molecule has 100 valence electrons.